The minimum atomic E-state index is -0.0158. The van der Waals surface area contributed by atoms with Crippen LogP contribution in [0.3, 0.4) is 0 Å². The predicted octanol–water partition coefficient (Wildman–Crippen LogP) is 3.36. The molecule has 1 fully saturated rings. The van der Waals surface area contributed by atoms with Crippen molar-refractivity contribution in [3.63, 3.8) is 0 Å². The number of hydrogen-bond donors (Lipinski definition) is 1. The lowest BCUT2D eigenvalue weighted by atomic mass is 10.0. The van der Waals surface area contributed by atoms with E-state index in [0.29, 0.717) is 28.6 Å². The summed E-state index contributed by atoms with van der Waals surface area (Å²) in [6.45, 7) is 1.94. The van der Waals surface area contributed by atoms with Gasteiger partial charge in [-0.2, -0.15) is 0 Å². The van der Waals surface area contributed by atoms with Crippen molar-refractivity contribution in [2.75, 3.05) is 33.9 Å². The van der Waals surface area contributed by atoms with E-state index in [9.17, 15) is 9.59 Å². The van der Waals surface area contributed by atoms with Gasteiger partial charge in [-0.1, -0.05) is 17.7 Å². The number of carbonyl (C=O) groups is 2. The molecule has 160 valence electrons. The SMILES string of the molecule is COc1ccc(CC(=O)NC2CCN(CC(=O)c3ccc(Cl)cc3)CC2)cc1OC. The van der Waals surface area contributed by atoms with Crippen molar-refractivity contribution in [2.24, 2.45) is 0 Å². The van der Waals surface area contributed by atoms with E-state index in [1.54, 1.807) is 44.6 Å². The second-order valence-corrected chi connectivity index (χ2v) is 7.85. The summed E-state index contributed by atoms with van der Waals surface area (Å²) in [5.74, 6) is 1.32. The first-order chi connectivity index (χ1) is 14.5. The fourth-order valence-electron chi connectivity index (χ4n) is 3.62. The smallest absolute Gasteiger partial charge is 0.224 e. The number of rotatable bonds is 8. The third kappa shape index (κ3) is 5.97. The molecule has 2 aromatic rings. The number of carbonyl (C=O) groups excluding carboxylic acids is 2. The van der Waals surface area contributed by atoms with Gasteiger partial charge in [0.05, 0.1) is 27.2 Å². The van der Waals surface area contributed by atoms with Crippen molar-refractivity contribution in [1.29, 1.82) is 0 Å². The van der Waals surface area contributed by atoms with E-state index in [1.807, 2.05) is 12.1 Å². The zero-order valence-corrected chi connectivity index (χ0v) is 18.1. The maximum Gasteiger partial charge on any atom is 0.224 e. The predicted molar refractivity (Wildman–Crippen MR) is 117 cm³/mol. The van der Waals surface area contributed by atoms with Gasteiger partial charge in [-0.15, -0.1) is 0 Å². The number of piperidine rings is 1. The molecule has 0 saturated carbocycles. The van der Waals surface area contributed by atoms with E-state index in [2.05, 4.69) is 10.2 Å². The highest BCUT2D eigenvalue weighted by Gasteiger charge is 2.22. The third-order valence-electron chi connectivity index (χ3n) is 5.30. The first-order valence-electron chi connectivity index (χ1n) is 10.00. The van der Waals surface area contributed by atoms with Gasteiger partial charge in [0.15, 0.2) is 17.3 Å². The van der Waals surface area contributed by atoms with Crippen LogP contribution in [0.2, 0.25) is 5.02 Å². The molecule has 0 aliphatic carbocycles. The minimum absolute atomic E-state index is 0.0158. The number of nitrogens with one attached hydrogen (secondary N) is 1. The first kappa shape index (κ1) is 22.1. The Morgan fingerprint density at radius 1 is 1.03 bits per heavy atom. The van der Waals surface area contributed by atoms with Crippen LogP contribution in [0.25, 0.3) is 0 Å². The Morgan fingerprint density at radius 3 is 2.33 bits per heavy atom. The number of amides is 1. The second kappa shape index (κ2) is 10.5. The van der Waals surface area contributed by atoms with E-state index in [-0.39, 0.29) is 24.2 Å². The van der Waals surface area contributed by atoms with Crippen LogP contribution in [-0.4, -0.2) is 56.5 Å². The van der Waals surface area contributed by atoms with Gasteiger partial charge in [0.2, 0.25) is 5.91 Å². The lowest BCUT2D eigenvalue weighted by Crippen LogP contribution is -2.46. The molecular weight excluding hydrogens is 404 g/mol. The molecule has 1 heterocycles. The fraction of sp³-hybridized carbons (Fsp3) is 0.391. The standard InChI is InChI=1S/C23H27ClN2O4/c1-29-21-8-3-16(13-22(21)30-2)14-23(28)25-19-9-11-26(12-10-19)15-20(27)17-4-6-18(24)7-5-17/h3-8,13,19H,9-12,14-15H2,1-2H3,(H,25,28). The number of likely N-dealkylation sites (tertiary alicyclic amines) is 1. The number of hydrogen-bond acceptors (Lipinski definition) is 5. The van der Waals surface area contributed by atoms with Gasteiger partial charge in [0.25, 0.3) is 0 Å². The summed E-state index contributed by atoms with van der Waals surface area (Å²) in [5.41, 5.74) is 1.54. The molecule has 0 bridgehead atoms. The monoisotopic (exact) mass is 430 g/mol. The Bertz CT molecular complexity index is 877. The highest BCUT2D eigenvalue weighted by Crippen LogP contribution is 2.27. The van der Waals surface area contributed by atoms with Gasteiger partial charge in [-0.3, -0.25) is 14.5 Å². The average molecular weight is 431 g/mol. The van der Waals surface area contributed by atoms with E-state index < -0.39 is 0 Å². The fourth-order valence-corrected chi connectivity index (χ4v) is 3.75. The zero-order chi connectivity index (χ0) is 21.5. The van der Waals surface area contributed by atoms with Crippen LogP contribution in [0.1, 0.15) is 28.8 Å². The topological polar surface area (TPSA) is 67.9 Å². The average Bonchev–Trinajstić information content (AvgIpc) is 2.75. The molecular formula is C23H27ClN2O4. The Kier molecular flexibility index (Phi) is 7.71. The Hall–Kier alpha value is -2.57. The third-order valence-corrected chi connectivity index (χ3v) is 5.55. The van der Waals surface area contributed by atoms with Gasteiger partial charge in [-0.25, -0.2) is 0 Å². The van der Waals surface area contributed by atoms with Crippen molar-refractivity contribution in [2.45, 2.75) is 25.3 Å². The largest absolute Gasteiger partial charge is 0.493 e. The number of benzene rings is 2. The van der Waals surface area contributed by atoms with E-state index in [0.717, 1.165) is 31.5 Å². The van der Waals surface area contributed by atoms with Gasteiger partial charge < -0.3 is 14.8 Å². The van der Waals surface area contributed by atoms with E-state index in [1.165, 1.54) is 0 Å². The van der Waals surface area contributed by atoms with Gasteiger partial charge in [0, 0.05) is 29.7 Å². The Labute approximate surface area is 182 Å². The van der Waals surface area contributed by atoms with Gasteiger partial charge >= 0.3 is 0 Å². The summed E-state index contributed by atoms with van der Waals surface area (Å²) in [5, 5.41) is 3.73. The molecule has 30 heavy (non-hydrogen) atoms. The molecule has 0 aromatic heterocycles. The zero-order valence-electron chi connectivity index (χ0n) is 17.3. The molecule has 1 aliphatic heterocycles. The van der Waals surface area contributed by atoms with Crippen LogP contribution < -0.4 is 14.8 Å². The quantitative estimate of drug-likeness (QED) is 0.650. The van der Waals surface area contributed by atoms with Gasteiger partial charge in [-0.05, 0) is 54.8 Å². The van der Waals surface area contributed by atoms with Crippen molar-refractivity contribution in [1.82, 2.24) is 10.2 Å². The van der Waals surface area contributed by atoms with Gasteiger partial charge in [0.1, 0.15) is 0 Å². The number of ether oxygens (including phenoxy) is 2. The van der Waals surface area contributed by atoms with Crippen molar-refractivity contribution in [3.05, 3.63) is 58.6 Å². The summed E-state index contributed by atoms with van der Waals surface area (Å²) in [4.78, 5) is 27.0. The lowest BCUT2D eigenvalue weighted by molar-refractivity contribution is -0.121. The number of Topliss-reactive ketones (excluding diaryl/α,β-unsaturated/α-hetero) is 1. The molecule has 3 rings (SSSR count). The van der Waals surface area contributed by atoms with Crippen LogP contribution >= 0.6 is 11.6 Å². The number of ketones is 1. The molecule has 0 radical (unpaired) electrons. The summed E-state index contributed by atoms with van der Waals surface area (Å²) in [6, 6.07) is 12.6. The molecule has 2 aromatic carbocycles. The number of halogens is 1. The maximum atomic E-state index is 12.4. The van der Waals surface area contributed by atoms with Crippen LogP contribution in [0.5, 0.6) is 11.5 Å². The van der Waals surface area contributed by atoms with Crippen molar-refractivity contribution in [3.8, 4) is 11.5 Å². The summed E-state index contributed by atoms with van der Waals surface area (Å²) in [6.07, 6.45) is 1.94. The Morgan fingerprint density at radius 2 is 1.70 bits per heavy atom. The molecule has 7 heteroatoms. The highest BCUT2D eigenvalue weighted by molar-refractivity contribution is 6.30. The summed E-state index contributed by atoms with van der Waals surface area (Å²) >= 11 is 5.88. The van der Waals surface area contributed by atoms with Crippen LogP contribution in [0.4, 0.5) is 0 Å². The summed E-state index contributed by atoms with van der Waals surface area (Å²) < 4.78 is 10.5. The van der Waals surface area contributed by atoms with Crippen molar-refractivity contribution >= 4 is 23.3 Å². The molecule has 1 N–H and O–H groups in total. The molecule has 1 amide bonds. The molecule has 0 atom stereocenters. The molecule has 6 nitrogen and oxygen atoms in total. The Balaban J connectivity index is 1.44. The maximum absolute atomic E-state index is 12.4. The lowest BCUT2D eigenvalue weighted by Gasteiger charge is -2.31. The van der Waals surface area contributed by atoms with E-state index in [4.69, 9.17) is 21.1 Å². The van der Waals surface area contributed by atoms with E-state index >= 15 is 0 Å². The van der Waals surface area contributed by atoms with Crippen LogP contribution in [0, 0.1) is 0 Å². The summed E-state index contributed by atoms with van der Waals surface area (Å²) in [7, 11) is 3.16. The number of nitrogens with zero attached hydrogens (tertiary/aromatic N) is 1. The first-order valence-corrected chi connectivity index (χ1v) is 10.4. The van der Waals surface area contributed by atoms with Crippen LogP contribution in [0.15, 0.2) is 42.5 Å². The molecule has 1 aliphatic rings. The number of methoxy groups -OCH3 is 2. The van der Waals surface area contributed by atoms with Crippen molar-refractivity contribution < 1.29 is 19.1 Å². The highest BCUT2D eigenvalue weighted by atomic mass is 35.5. The normalized spacial score (nSPS) is 14.9. The van der Waals surface area contributed by atoms with Crippen LogP contribution in [-0.2, 0) is 11.2 Å². The molecule has 1 saturated heterocycles. The minimum Gasteiger partial charge on any atom is -0.493 e. The second-order valence-electron chi connectivity index (χ2n) is 7.41. The molecule has 0 unspecified atom stereocenters. The molecule has 0 spiro atoms.